The van der Waals surface area contributed by atoms with Crippen LogP contribution in [0.5, 0.6) is 5.75 Å². The van der Waals surface area contributed by atoms with E-state index in [4.69, 9.17) is 4.74 Å². The quantitative estimate of drug-likeness (QED) is 0.471. The van der Waals surface area contributed by atoms with Crippen LogP contribution in [-0.2, 0) is 13.1 Å². The molecule has 2 bridgehead atoms. The highest BCUT2D eigenvalue weighted by Crippen LogP contribution is 2.32. The van der Waals surface area contributed by atoms with Crippen molar-refractivity contribution in [2.75, 3.05) is 11.9 Å². The average molecular weight is 457 g/mol. The van der Waals surface area contributed by atoms with E-state index in [9.17, 15) is 4.79 Å². The standard InChI is InChI=1S/C26H28N6O2/c1-3-10-32-17-19(16-28-32)20-15-21-23(14-18(20)2)34-13-5-4-11-31-12-9-27-25(31)22-7-6-8-24(29-22)30-26(21)33/h6-9,12,14-17H,3-5,10-11,13H2,1-2H3,(H,29,30,33). The maximum atomic E-state index is 13.4. The number of imidazole rings is 1. The van der Waals surface area contributed by atoms with Crippen molar-refractivity contribution in [2.24, 2.45) is 0 Å². The van der Waals surface area contributed by atoms with E-state index in [0.29, 0.717) is 23.7 Å². The third-order valence-corrected chi connectivity index (χ3v) is 5.95. The van der Waals surface area contributed by atoms with Gasteiger partial charge in [-0.1, -0.05) is 13.0 Å². The topological polar surface area (TPSA) is 86.9 Å². The Bertz CT molecular complexity index is 1320. The lowest BCUT2D eigenvalue weighted by Crippen LogP contribution is -2.16. The summed E-state index contributed by atoms with van der Waals surface area (Å²) in [7, 11) is 0. The number of hydrogen-bond donors (Lipinski definition) is 1. The van der Waals surface area contributed by atoms with Crippen LogP contribution in [0.15, 0.2) is 55.1 Å². The van der Waals surface area contributed by atoms with Gasteiger partial charge in [0.05, 0.1) is 18.4 Å². The predicted octanol–water partition coefficient (Wildman–Crippen LogP) is 4.95. The number of carbonyl (C=O) groups excluding carboxylic acids is 1. The molecule has 0 atom stereocenters. The molecule has 0 unspecified atom stereocenters. The Balaban J connectivity index is 1.54. The smallest absolute Gasteiger partial charge is 0.260 e. The normalized spacial score (nSPS) is 13.9. The first-order valence-corrected chi connectivity index (χ1v) is 11.7. The summed E-state index contributed by atoms with van der Waals surface area (Å²) >= 11 is 0. The summed E-state index contributed by atoms with van der Waals surface area (Å²) in [5.41, 5.74) is 4.18. The van der Waals surface area contributed by atoms with E-state index < -0.39 is 0 Å². The highest BCUT2D eigenvalue weighted by atomic mass is 16.5. The molecule has 1 N–H and O–H groups in total. The van der Waals surface area contributed by atoms with Crippen molar-refractivity contribution in [1.29, 1.82) is 0 Å². The van der Waals surface area contributed by atoms with E-state index in [1.54, 1.807) is 12.3 Å². The summed E-state index contributed by atoms with van der Waals surface area (Å²) in [5, 5.41) is 7.41. The van der Waals surface area contributed by atoms with Crippen LogP contribution in [-0.4, -0.2) is 36.8 Å². The summed E-state index contributed by atoms with van der Waals surface area (Å²) in [6.45, 7) is 6.36. The largest absolute Gasteiger partial charge is 0.493 e. The molecule has 0 aliphatic carbocycles. The zero-order valence-corrected chi connectivity index (χ0v) is 19.5. The van der Waals surface area contributed by atoms with Crippen LogP contribution in [0, 0.1) is 6.92 Å². The lowest BCUT2D eigenvalue weighted by atomic mass is 9.99. The number of amides is 1. The molecule has 0 spiro atoms. The molecule has 0 fully saturated rings. The highest BCUT2D eigenvalue weighted by Gasteiger charge is 2.19. The minimum Gasteiger partial charge on any atom is -0.493 e. The van der Waals surface area contributed by atoms with E-state index >= 15 is 0 Å². The van der Waals surface area contributed by atoms with Gasteiger partial charge in [-0.05, 0) is 61.6 Å². The lowest BCUT2D eigenvalue weighted by molar-refractivity contribution is 0.102. The van der Waals surface area contributed by atoms with E-state index in [-0.39, 0.29) is 5.91 Å². The maximum Gasteiger partial charge on any atom is 0.260 e. The Morgan fingerprint density at radius 1 is 1.18 bits per heavy atom. The lowest BCUT2D eigenvalue weighted by Gasteiger charge is -2.16. The molecule has 174 valence electrons. The van der Waals surface area contributed by atoms with E-state index in [0.717, 1.165) is 60.6 Å². The van der Waals surface area contributed by atoms with Gasteiger partial charge in [-0.25, -0.2) is 9.97 Å². The number of aromatic nitrogens is 5. The van der Waals surface area contributed by atoms with Crippen LogP contribution in [0.1, 0.15) is 42.1 Å². The first-order valence-electron chi connectivity index (χ1n) is 11.7. The number of nitrogens with one attached hydrogen (secondary N) is 1. The van der Waals surface area contributed by atoms with Crippen molar-refractivity contribution < 1.29 is 9.53 Å². The summed E-state index contributed by atoms with van der Waals surface area (Å²) in [6, 6.07) is 9.42. The Morgan fingerprint density at radius 2 is 2.09 bits per heavy atom. The van der Waals surface area contributed by atoms with Gasteiger partial charge in [0.2, 0.25) is 0 Å². The van der Waals surface area contributed by atoms with E-state index in [2.05, 4.69) is 31.9 Å². The predicted molar refractivity (Wildman–Crippen MR) is 131 cm³/mol. The number of pyridine rings is 1. The molecule has 1 aromatic carbocycles. The molecule has 34 heavy (non-hydrogen) atoms. The number of benzene rings is 1. The summed E-state index contributed by atoms with van der Waals surface area (Å²) < 4.78 is 10.1. The number of ether oxygens (including phenoxy) is 1. The fraction of sp³-hybridized carbons (Fsp3) is 0.308. The molecule has 0 radical (unpaired) electrons. The van der Waals surface area contributed by atoms with Crippen molar-refractivity contribution in [3.63, 3.8) is 0 Å². The molecule has 4 aromatic rings. The minimum absolute atomic E-state index is 0.262. The monoisotopic (exact) mass is 456 g/mol. The fourth-order valence-corrected chi connectivity index (χ4v) is 4.25. The van der Waals surface area contributed by atoms with Gasteiger partial charge in [0.1, 0.15) is 17.3 Å². The van der Waals surface area contributed by atoms with Crippen LogP contribution in [0.2, 0.25) is 0 Å². The van der Waals surface area contributed by atoms with Crippen molar-refractivity contribution in [1.82, 2.24) is 24.3 Å². The number of nitrogens with zero attached hydrogens (tertiary/aromatic N) is 5. The number of rotatable bonds is 3. The van der Waals surface area contributed by atoms with Gasteiger partial charge in [0.15, 0.2) is 5.82 Å². The zero-order valence-electron chi connectivity index (χ0n) is 19.5. The average Bonchev–Trinajstić information content (AvgIpc) is 3.48. The van der Waals surface area contributed by atoms with Gasteiger partial charge in [0, 0.05) is 37.2 Å². The van der Waals surface area contributed by atoms with Crippen molar-refractivity contribution in [2.45, 2.75) is 46.2 Å². The van der Waals surface area contributed by atoms with Gasteiger partial charge in [0.25, 0.3) is 5.91 Å². The molecular formula is C26H28N6O2. The number of carbonyl (C=O) groups is 1. The Labute approximate surface area is 198 Å². The Morgan fingerprint density at radius 3 is 2.97 bits per heavy atom. The minimum atomic E-state index is -0.262. The highest BCUT2D eigenvalue weighted by molar-refractivity contribution is 6.06. The zero-order chi connectivity index (χ0) is 23.5. The molecule has 1 amide bonds. The molecule has 1 aliphatic rings. The molecule has 0 saturated carbocycles. The van der Waals surface area contributed by atoms with Gasteiger partial charge in [-0.3, -0.25) is 9.48 Å². The molecule has 3 aromatic heterocycles. The van der Waals surface area contributed by atoms with E-state index in [1.807, 2.05) is 54.5 Å². The van der Waals surface area contributed by atoms with Crippen LogP contribution >= 0.6 is 0 Å². The van der Waals surface area contributed by atoms with E-state index in [1.165, 1.54) is 0 Å². The molecule has 4 heterocycles. The molecule has 1 aliphatic heterocycles. The van der Waals surface area contributed by atoms with Gasteiger partial charge >= 0.3 is 0 Å². The summed E-state index contributed by atoms with van der Waals surface area (Å²) in [5.74, 6) is 1.58. The van der Waals surface area contributed by atoms with Crippen molar-refractivity contribution in [3.8, 4) is 28.4 Å². The SMILES string of the molecule is CCCn1cc(-c2cc3c(cc2C)OCCCCn2ccnc2-c2cccc(n2)NC3=O)cn1. The maximum absolute atomic E-state index is 13.4. The molecule has 8 heteroatoms. The summed E-state index contributed by atoms with van der Waals surface area (Å²) in [6.07, 6.45) is 10.4. The first kappa shape index (κ1) is 21.9. The molecule has 5 rings (SSSR count). The number of fused-ring (bicyclic) bond motifs is 5. The van der Waals surface area contributed by atoms with Crippen molar-refractivity contribution in [3.05, 3.63) is 66.2 Å². The van der Waals surface area contributed by atoms with Crippen LogP contribution < -0.4 is 10.1 Å². The Kier molecular flexibility index (Phi) is 6.12. The molecule has 8 nitrogen and oxygen atoms in total. The number of hydrogen-bond acceptors (Lipinski definition) is 5. The molecule has 0 saturated heterocycles. The van der Waals surface area contributed by atoms with Gasteiger partial charge in [-0.2, -0.15) is 5.10 Å². The van der Waals surface area contributed by atoms with Crippen LogP contribution in [0.4, 0.5) is 5.82 Å². The van der Waals surface area contributed by atoms with Crippen LogP contribution in [0.3, 0.4) is 0 Å². The van der Waals surface area contributed by atoms with Gasteiger partial charge < -0.3 is 14.6 Å². The third kappa shape index (κ3) is 4.44. The second-order valence-corrected chi connectivity index (χ2v) is 8.52. The van der Waals surface area contributed by atoms with Crippen LogP contribution in [0.25, 0.3) is 22.6 Å². The Hall–Kier alpha value is -3.94. The second-order valence-electron chi connectivity index (χ2n) is 8.52. The molecular weight excluding hydrogens is 428 g/mol. The summed E-state index contributed by atoms with van der Waals surface area (Å²) in [4.78, 5) is 22.5. The van der Waals surface area contributed by atoms with Gasteiger partial charge in [-0.15, -0.1) is 0 Å². The number of aryl methyl sites for hydroxylation is 3. The van der Waals surface area contributed by atoms with Crippen molar-refractivity contribution >= 4 is 11.7 Å². The first-order chi connectivity index (χ1) is 16.6. The third-order valence-electron chi connectivity index (χ3n) is 5.95. The second kappa shape index (κ2) is 9.51. The fourth-order valence-electron chi connectivity index (χ4n) is 4.25. The number of anilines is 1.